The maximum absolute atomic E-state index is 5.82. The largest absolute Gasteiger partial charge is 0.404 e. The number of aliphatic imine (C=N–C) groups is 1. The van der Waals surface area contributed by atoms with Gasteiger partial charge in [-0.15, -0.1) is 0 Å². The summed E-state index contributed by atoms with van der Waals surface area (Å²) in [5.74, 6) is 0. The molecule has 2 heterocycles. The third-order valence-corrected chi connectivity index (χ3v) is 4.10. The molecule has 0 saturated carbocycles. The van der Waals surface area contributed by atoms with Gasteiger partial charge in [0.15, 0.2) is 0 Å². The summed E-state index contributed by atoms with van der Waals surface area (Å²) >= 11 is 0. The Bertz CT molecular complexity index is 559. The number of nitrogens with two attached hydrogens (primary N) is 1. The zero-order valence-electron chi connectivity index (χ0n) is 12.2. The molecule has 2 aliphatic heterocycles. The van der Waals surface area contributed by atoms with Crippen molar-refractivity contribution >= 4 is 6.21 Å². The minimum Gasteiger partial charge on any atom is -0.404 e. The van der Waals surface area contributed by atoms with Crippen LogP contribution in [0.15, 0.2) is 59.0 Å². The molecule has 1 aromatic carbocycles. The molecule has 0 aliphatic carbocycles. The number of rotatable bonds is 4. The maximum Gasteiger partial charge on any atom is 0.0640 e. The highest BCUT2D eigenvalue weighted by Gasteiger charge is 2.29. The van der Waals surface area contributed by atoms with Crippen molar-refractivity contribution in [3.63, 3.8) is 0 Å². The van der Waals surface area contributed by atoms with Gasteiger partial charge in [-0.2, -0.15) is 0 Å². The molecule has 0 amide bonds. The first-order valence-corrected chi connectivity index (χ1v) is 7.54. The van der Waals surface area contributed by atoms with Gasteiger partial charge in [-0.3, -0.25) is 4.99 Å². The highest BCUT2D eigenvalue weighted by molar-refractivity contribution is 5.84. The quantitative estimate of drug-likeness (QED) is 0.831. The van der Waals surface area contributed by atoms with E-state index < -0.39 is 0 Å². The van der Waals surface area contributed by atoms with Crippen LogP contribution in [0.25, 0.3) is 0 Å². The highest BCUT2D eigenvalue weighted by Crippen LogP contribution is 2.27. The summed E-state index contributed by atoms with van der Waals surface area (Å²) in [5.41, 5.74) is 9.19. The zero-order valence-corrected chi connectivity index (χ0v) is 12.2. The molecule has 1 fully saturated rings. The minimum atomic E-state index is 0.600. The Labute approximate surface area is 126 Å². The molecule has 21 heavy (non-hydrogen) atoms. The van der Waals surface area contributed by atoms with Gasteiger partial charge in [0.2, 0.25) is 0 Å². The average molecular weight is 282 g/mol. The van der Waals surface area contributed by atoms with Gasteiger partial charge in [-0.05, 0) is 18.4 Å². The summed E-state index contributed by atoms with van der Waals surface area (Å²) < 4.78 is 0. The summed E-state index contributed by atoms with van der Waals surface area (Å²) in [4.78, 5) is 6.98. The van der Waals surface area contributed by atoms with E-state index in [0.29, 0.717) is 12.6 Å². The molecule has 110 valence electrons. The summed E-state index contributed by atoms with van der Waals surface area (Å²) in [5, 5.41) is 3.37. The Morgan fingerprint density at radius 3 is 3.05 bits per heavy atom. The van der Waals surface area contributed by atoms with E-state index >= 15 is 0 Å². The molecule has 1 atom stereocenters. The summed E-state index contributed by atoms with van der Waals surface area (Å²) in [6, 6.07) is 10.9. The van der Waals surface area contributed by atoms with E-state index in [2.05, 4.69) is 33.5 Å². The van der Waals surface area contributed by atoms with E-state index in [1.54, 1.807) is 6.20 Å². The third kappa shape index (κ3) is 3.10. The molecule has 0 spiro atoms. The van der Waals surface area contributed by atoms with Crippen LogP contribution in [0.4, 0.5) is 0 Å². The van der Waals surface area contributed by atoms with Crippen LogP contribution in [0.2, 0.25) is 0 Å². The van der Waals surface area contributed by atoms with Gasteiger partial charge in [-0.1, -0.05) is 30.3 Å². The van der Waals surface area contributed by atoms with E-state index in [4.69, 9.17) is 5.73 Å². The second-order valence-corrected chi connectivity index (χ2v) is 5.50. The summed E-state index contributed by atoms with van der Waals surface area (Å²) in [6.07, 6.45) is 8.12. The van der Waals surface area contributed by atoms with Crippen molar-refractivity contribution in [3.8, 4) is 0 Å². The lowest BCUT2D eigenvalue weighted by molar-refractivity contribution is 0.304. The fourth-order valence-corrected chi connectivity index (χ4v) is 3.02. The summed E-state index contributed by atoms with van der Waals surface area (Å²) in [6.45, 7) is 2.83. The lowest BCUT2D eigenvalue weighted by atomic mass is 10.1. The van der Waals surface area contributed by atoms with Crippen molar-refractivity contribution in [3.05, 3.63) is 59.6 Å². The maximum atomic E-state index is 5.82. The fraction of sp³-hybridized carbons (Fsp3) is 0.353. The van der Waals surface area contributed by atoms with E-state index in [1.807, 2.05) is 24.4 Å². The van der Waals surface area contributed by atoms with Crippen LogP contribution in [0.3, 0.4) is 0 Å². The van der Waals surface area contributed by atoms with Crippen molar-refractivity contribution in [2.45, 2.75) is 25.4 Å². The van der Waals surface area contributed by atoms with Crippen molar-refractivity contribution in [1.82, 2.24) is 10.2 Å². The average Bonchev–Trinajstić information content (AvgIpc) is 3.01. The van der Waals surface area contributed by atoms with E-state index in [9.17, 15) is 0 Å². The zero-order chi connectivity index (χ0) is 14.5. The highest BCUT2D eigenvalue weighted by atomic mass is 15.2. The number of allylic oxidation sites excluding steroid dienone is 1. The molecular formula is C17H22N4. The van der Waals surface area contributed by atoms with E-state index in [0.717, 1.165) is 18.7 Å². The van der Waals surface area contributed by atoms with Crippen molar-refractivity contribution in [2.24, 2.45) is 10.7 Å². The van der Waals surface area contributed by atoms with Gasteiger partial charge in [-0.25, -0.2) is 0 Å². The number of nitrogens with zero attached hydrogens (tertiary/aromatic N) is 2. The molecule has 1 aromatic rings. The molecule has 0 bridgehead atoms. The molecular weight excluding hydrogens is 260 g/mol. The Hall–Kier alpha value is -2.23. The monoisotopic (exact) mass is 282 g/mol. The van der Waals surface area contributed by atoms with Gasteiger partial charge in [0.25, 0.3) is 0 Å². The van der Waals surface area contributed by atoms with Crippen molar-refractivity contribution in [2.75, 3.05) is 13.1 Å². The SMILES string of the molecule is NC=C(C=NCc1ccccc1)C1=CNC[C@@H]2CCCN12. The Balaban J connectivity index is 1.69. The van der Waals surface area contributed by atoms with Crippen LogP contribution in [0, 0.1) is 0 Å². The second-order valence-electron chi connectivity index (χ2n) is 5.50. The van der Waals surface area contributed by atoms with E-state index in [-0.39, 0.29) is 0 Å². The predicted molar refractivity (Wildman–Crippen MR) is 86.7 cm³/mol. The van der Waals surface area contributed by atoms with Crippen LogP contribution in [0.5, 0.6) is 0 Å². The normalized spacial score (nSPS) is 22.1. The number of benzene rings is 1. The first-order chi connectivity index (χ1) is 10.4. The predicted octanol–water partition coefficient (Wildman–Crippen LogP) is 2.01. The molecule has 3 N–H and O–H groups in total. The van der Waals surface area contributed by atoms with Crippen LogP contribution in [-0.4, -0.2) is 30.2 Å². The van der Waals surface area contributed by atoms with Crippen LogP contribution in [0.1, 0.15) is 18.4 Å². The van der Waals surface area contributed by atoms with Gasteiger partial charge in [0.1, 0.15) is 0 Å². The van der Waals surface area contributed by atoms with Crippen LogP contribution >= 0.6 is 0 Å². The Morgan fingerprint density at radius 1 is 1.38 bits per heavy atom. The first kappa shape index (κ1) is 13.7. The van der Waals surface area contributed by atoms with Crippen LogP contribution < -0.4 is 11.1 Å². The van der Waals surface area contributed by atoms with Crippen LogP contribution in [-0.2, 0) is 6.54 Å². The van der Waals surface area contributed by atoms with E-state index in [1.165, 1.54) is 24.1 Å². The smallest absolute Gasteiger partial charge is 0.0640 e. The lowest BCUT2D eigenvalue weighted by Crippen LogP contribution is -2.41. The van der Waals surface area contributed by atoms with Crippen molar-refractivity contribution < 1.29 is 0 Å². The molecule has 0 unspecified atom stereocenters. The third-order valence-electron chi connectivity index (χ3n) is 4.10. The fourth-order valence-electron chi connectivity index (χ4n) is 3.02. The molecule has 4 nitrogen and oxygen atoms in total. The summed E-state index contributed by atoms with van der Waals surface area (Å²) in [7, 11) is 0. The number of hydrogen-bond donors (Lipinski definition) is 2. The molecule has 3 rings (SSSR count). The Kier molecular flexibility index (Phi) is 4.24. The number of hydrogen-bond acceptors (Lipinski definition) is 4. The van der Waals surface area contributed by atoms with Crippen molar-refractivity contribution in [1.29, 1.82) is 0 Å². The minimum absolute atomic E-state index is 0.600. The molecule has 0 aromatic heterocycles. The van der Waals surface area contributed by atoms with Gasteiger partial charge in [0, 0.05) is 43.3 Å². The number of nitrogens with one attached hydrogen (secondary N) is 1. The Morgan fingerprint density at radius 2 is 2.24 bits per heavy atom. The second kappa shape index (κ2) is 6.48. The molecule has 1 saturated heterocycles. The van der Waals surface area contributed by atoms with Gasteiger partial charge >= 0.3 is 0 Å². The molecule has 0 radical (unpaired) electrons. The number of fused-ring (bicyclic) bond motifs is 1. The lowest BCUT2D eigenvalue weighted by Gasteiger charge is -2.33. The molecule has 2 aliphatic rings. The standard InChI is InChI=1S/C17H22N4/c18-9-15(11-19-10-14-5-2-1-3-6-14)17-13-20-12-16-7-4-8-21(16)17/h1-3,5-6,9,11,13,16,20H,4,7-8,10,12,18H2/t16-/m0/s1. The van der Waals surface area contributed by atoms with Gasteiger partial charge in [0.05, 0.1) is 12.2 Å². The topological polar surface area (TPSA) is 53.6 Å². The molecule has 4 heteroatoms. The first-order valence-electron chi connectivity index (χ1n) is 7.54. The van der Waals surface area contributed by atoms with Gasteiger partial charge < -0.3 is 16.0 Å².